The second kappa shape index (κ2) is 7.37. The summed E-state index contributed by atoms with van der Waals surface area (Å²) in [6.07, 6.45) is 0. The Labute approximate surface area is 142 Å². The minimum atomic E-state index is -4.38. The average molecular weight is 276 g/mol. The maximum Gasteiger partial charge on any atom is 1.00 e. The van der Waals surface area contributed by atoms with Crippen molar-refractivity contribution in [3.05, 3.63) is 42.5 Å². The Hall–Kier alpha value is -0.0836. The third-order valence-electron chi connectivity index (χ3n) is 2.02. The zero-order chi connectivity index (χ0) is 12.2. The van der Waals surface area contributed by atoms with Crippen LogP contribution in [0, 0.1) is 0 Å². The van der Waals surface area contributed by atoms with Crippen LogP contribution in [0.1, 0.15) is 0 Å². The van der Waals surface area contributed by atoms with Crippen molar-refractivity contribution in [3.8, 4) is 0 Å². The van der Waals surface area contributed by atoms with Crippen molar-refractivity contribution in [2.75, 3.05) is 0 Å². The van der Waals surface area contributed by atoms with Crippen molar-refractivity contribution in [2.45, 2.75) is 4.90 Å². The summed E-state index contributed by atoms with van der Waals surface area (Å²) in [6, 6.07) is 11.5. The summed E-state index contributed by atoms with van der Waals surface area (Å²) in [5.74, 6) is 0. The third-order valence-corrected chi connectivity index (χ3v) is 2.91. The number of benzene rings is 2. The fourth-order valence-electron chi connectivity index (χ4n) is 1.41. The first kappa shape index (κ1) is 16.9. The van der Waals surface area contributed by atoms with E-state index in [1.165, 1.54) is 6.07 Å². The molecule has 0 aliphatic heterocycles. The molecule has 17 heavy (non-hydrogen) atoms. The molecule has 0 fully saturated rings. The van der Waals surface area contributed by atoms with Crippen molar-refractivity contribution < 1.29 is 69.1 Å². The first-order valence-corrected chi connectivity index (χ1v) is 5.72. The van der Waals surface area contributed by atoms with E-state index >= 15 is 0 Å². The Bertz CT molecular complexity index is 590. The van der Waals surface area contributed by atoms with Gasteiger partial charge in [0, 0.05) is 0 Å². The van der Waals surface area contributed by atoms with E-state index in [2.05, 4.69) is 0 Å². The van der Waals surface area contributed by atoms with Crippen LogP contribution in [0.4, 0.5) is 0 Å². The zero-order valence-corrected chi connectivity index (χ0v) is 13.2. The average Bonchev–Trinajstić information content (AvgIpc) is 2.30. The second-order valence-corrected chi connectivity index (χ2v) is 4.28. The fraction of sp³-hybridized carbons (Fsp3) is 0. The van der Waals surface area contributed by atoms with Gasteiger partial charge in [-0.3, -0.25) is 0 Å². The Kier molecular flexibility index (Phi) is 7.34. The molecule has 0 heterocycles. The van der Waals surface area contributed by atoms with E-state index in [9.17, 15) is 13.0 Å². The number of rotatable bonds is 1. The van der Waals surface area contributed by atoms with E-state index in [4.69, 9.17) is 4.79 Å². The van der Waals surface area contributed by atoms with Crippen molar-refractivity contribution in [2.24, 2.45) is 0 Å². The topological polar surface area (TPSA) is 74.3 Å². The molecule has 0 bridgehead atoms. The minimum absolute atomic E-state index is 0. The molecule has 0 saturated carbocycles. The maximum absolute atomic E-state index is 10.9. The molecular formula is C11H9KO4S. The largest absolute Gasteiger partial charge is 1.00 e. The van der Waals surface area contributed by atoms with Gasteiger partial charge < -0.3 is 9.35 Å². The van der Waals surface area contributed by atoms with Gasteiger partial charge in [0.05, 0.1) is 4.90 Å². The quantitative estimate of drug-likeness (QED) is 0.472. The predicted octanol–water partition coefficient (Wildman–Crippen LogP) is -1.44. The van der Waals surface area contributed by atoms with Crippen LogP contribution in [0.3, 0.4) is 0 Å². The number of carbonyl (C=O) groups is 1. The number of fused-ring (bicyclic) bond motifs is 1. The standard InChI is InChI=1S/C10H8O3S.CH2O.K/c11-14(12,13)10-7-3-5-8-4-1-2-6-9(8)10;1-2;/h1-7H,(H,11,12,13);1H2;/q;;+1/p-1. The van der Waals surface area contributed by atoms with E-state index in [1.807, 2.05) is 6.79 Å². The van der Waals surface area contributed by atoms with Gasteiger partial charge in [-0.05, 0) is 16.8 Å². The Morgan fingerprint density at radius 3 is 2.06 bits per heavy atom. The molecule has 0 atom stereocenters. The van der Waals surface area contributed by atoms with E-state index in [0.717, 1.165) is 5.39 Å². The van der Waals surface area contributed by atoms with Crippen molar-refractivity contribution in [3.63, 3.8) is 0 Å². The number of hydrogen-bond donors (Lipinski definition) is 0. The molecule has 6 heteroatoms. The van der Waals surface area contributed by atoms with Crippen LogP contribution in [0.25, 0.3) is 10.8 Å². The van der Waals surface area contributed by atoms with Crippen LogP contribution in [0.5, 0.6) is 0 Å². The fourth-order valence-corrected chi connectivity index (χ4v) is 2.11. The monoisotopic (exact) mass is 276 g/mol. The molecule has 0 N–H and O–H groups in total. The van der Waals surface area contributed by atoms with E-state index in [0.29, 0.717) is 5.39 Å². The molecule has 84 valence electrons. The summed E-state index contributed by atoms with van der Waals surface area (Å²) >= 11 is 0. The molecule has 0 aliphatic rings. The van der Waals surface area contributed by atoms with E-state index in [-0.39, 0.29) is 56.3 Å². The van der Waals surface area contributed by atoms with Crippen molar-refractivity contribution in [1.29, 1.82) is 0 Å². The van der Waals surface area contributed by atoms with Gasteiger partial charge in [-0.15, -0.1) is 0 Å². The number of carbonyl (C=O) groups excluding carboxylic acids is 1. The molecule has 2 aromatic rings. The van der Waals surface area contributed by atoms with Gasteiger partial charge in [-0.25, -0.2) is 8.42 Å². The minimum Gasteiger partial charge on any atom is -0.744 e. The predicted molar refractivity (Wildman–Crippen MR) is 59.0 cm³/mol. The van der Waals surface area contributed by atoms with Gasteiger partial charge in [0.15, 0.2) is 0 Å². The summed E-state index contributed by atoms with van der Waals surface area (Å²) < 4.78 is 32.7. The molecule has 4 nitrogen and oxygen atoms in total. The van der Waals surface area contributed by atoms with Gasteiger partial charge in [0.1, 0.15) is 16.9 Å². The molecule has 0 unspecified atom stereocenters. The molecule has 2 aromatic carbocycles. The number of hydrogen-bond acceptors (Lipinski definition) is 4. The Balaban J connectivity index is 0.000000811. The van der Waals surface area contributed by atoms with Crippen LogP contribution in [-0.4, -0.2) is 19.8 Å². The summed E-state index contributed by atoms with van der Waals surface area (Å²) in [4.78, 5) is 7.84. The molecule has 0 amide bonds. The summed E-state index contributed by atoms with van der Waals surface area (Å²) in [6.45, 7) is 2.00. The van der Waals surface area contributed by atoms with Gasteiger partial charge in [-0.1, -0.05) is 36.4 Å². The normalized spacial score (nSPS) is 9.94. The Morgan fingerprint density at radius 2 is 1.47 bits per heavy atom. The zero-order valence-electron chi connectivity index (χ0n) is 9.29. The molecule has 0 saturated heterocycles. The summed E-state index contributed by atoms with van der Waals surface area (Å²) in [7, 11) is -4.38. The smallest absolute Gasteiger partial charge is 0.744 e. The molecule has 2 rings (SSSR count). The van der Waals surface area contributed by atoms with Gasteiger partial charge in [-0.2, -0.15) is 0 Å². The first-order chi connectivity index (χ1) is 7.59. The van der Waals surface area contributed by atoms with Crippen LogP contribution >= 0.6 is 0 Å². The van der Waals surface area contributed by atoms with Crippen LogP contribution < -0.4 is 51.4 Å². The van der Waals surface area contributed by atoms with Crippen LogP contribution in [-0.2, 0) is 14.9 Å². The Morgan fingerprint density at radius 1 is 0.941 bits per heavy atom. The summed E-state index contributed by atoms with van der Waals surface area (Å²) in [5.41, 5.74) is 0. The molecule has 0 radical (unpaired) electrons. The van der Waals surface area contributed by atoms with E-state index < -0.39 is 10.1 Å². The first-order valence-electron chi connectivity index (χ1n) is 4.31. The van der Waals surface area contributed by atoms with Crippen molar-refractivity contribution in [1.82, 2.24) is 0 Å². The van der Waals surface area contributed by atoms with E-state index in [1.54, 1.807) is 36.4 Å². The summed E-state index contributed by atoms with van der Waals surface area (Å²) in [5, 5.41) is 1.23. The maximum atomic E-state index is 10.9. The molecule has 0 aliphatic carbocycles. The molecule has 0 aromatic heterocycles. The van der Waals surface area contributed by atoms with Gasteiger partial charge in [0.2, 0.25) is 0 Å². The van der Waals surface area contributed by atoms with Crippen molar-refractivity contribution >= 4 is 27.7 Å². The molecule has 0 spiro atoms. The SMILES string of the molecule is C=O.O=S(=O)([O-])c1cccc2ccccc12.[K+]. The van der Waals surface area contributed by atoms with Gasteiger partial charge >= 0.3 is 51.4 Å². The third kappa shape index (κ3) is 4.25. The van der Waals surface area contributed by atoms with Crippen LogP contribution in [0.15, 0.2) is 47.4 Å². The second-order valence-electron chi connectivity index (χ2n) is 2.93. The molecular weight excluding hydrogens is 267 g/mol. The van der Waals surface area contributed by atoms with Crippen LogP contribution in [0.2, 0.25) is 0 Å². The van der Waals surface area contributed by atoms with Gasteiger partial charge in [0.25, 0.3) is 0 Å².